The first-order valence-corrected chi connectivity index (χ1v) is 13.5. The maximum Gasteiger partial charge on any atom is 0.274 e. The molecule has 3 aromatic carbocycles. The van der Waals surface area contributed by atoms with Gasteiger partial charge in [-0.25, -0.2) is 0 Å². The quantitative estimate of drug-likeness (QED) is 0.193. The summed E-state index contributed by atoms with van der Waals surface area (Å²) in [7, 11) is 0. The summed E-state index contributed by atoms with van der Waals surface area (Å²) in [4.78, 5) is 33.7. The van der Waals surface area contributed by atoms with E-state index in [4.69, 9.17) is 21.8 Å². The first-order valence-electron chi connectivity index (χ1n) is 13.0. The number of alkyl halides is 1. The molecule has 200 valence electrons. The van der Waals surface area contributed by atoms with Crippen LogP contribution in [0.3, 0.4) is 0 Å². The smallest absolute Gasteiger partial charge is 0.274 e. The number of benzene rings is 3. The van der Waals surface area contributed by atoms with Gasteiger partial charge < -0.3 is 30.1 Å². The van der Waals surface area contributed by atoms with Crippen LogP contribution in [0.2, 0.25) is 0 Å². The second kappa shape index (κ2) is 8.93. The highest BCUT2D eigenvalue weighted by molar-refractivity contribution is 6.19. The number of hydrogen-bond acceptors (Lipinski definition) is 4. The molecule has 0 bridgehead atoms. The van der Waals surface area contributed by atoms with E-state index in [0.717, 1.165) is 43.9 Å². The van der Waals surface area contributed by atoms with Crippen molar-refractivity contribution in [2.45, 2.75) is 19.3 Å². The highest BCUT2D eigenvalue weighted by Crippen LogP contribution is 2.46. The average Bonchev–Trinajstić information content (AvgIpc) is 3.70. The fourth-order valence-electron chi connectivity index (χ4n) is 6.09. The molecule has 0 saturated carbocycles. The Morgan fingerprint density at radius 2 is 2.00 bits per heavy atom. The maximum atomic E-state index is 13.9. The predicted octanol–water partition coefficient (Wildman–Crippen LogP) is 6.09. The first kappa shape index (κ1) is 24.4. The van der Waals surface area contributed by atoms with Crippen molar-refractivity contribution in [1.29, 1.82) is 0 Å². The van der Waals surface area contributed by atoms with Gasteiger partial charge in [0, 0.05) is 57.8 Å². The van der Waals surface area contributed by atoms with Crippen molar-refractivity contribution in [2.24, 2.45) is 5.73 Å². The molecule has 0 saturated heterocycles. The average molecular weight is 553 g/mol. The number of fused-ring (bicyclic) bond motifs is 5. The molecule has 2 amide bonds. The van der Waals surface area contributed by atoms with Crippen LogP contribution < -0.4 is 10.6 Å². The monoisotopic (exact) mass is 552 g/mol. The van der Waals surface area contributed by atoms with Gasteiger partial charge in [-0.15, -0.1) is 11.6 Å². The van der Waals surface area contributed by atoms with Gasteiger partial charge >= 0.3 is 0 Å². The number of primary amides is 1. The van der Waals surface area contributed by atoms with Gasteiger partial charge in [-0.05, 0) is 47.9 Å². The Morgan fingerprint density at radius 1 is 1.18 bits per heavy atom. The van der Waals surface area contributed by atoms with Gasteiger partial charge in [0.25, 0.3) is 5.91 Å². The molecule has 6 aromatic rings. The molecule has 1 aliphatic heterocycles. The molecule has 0 radical (unpaired) electrons. The van der Waals surface area contributed by atoms with Gasteiger partial charge in [-0.1, -0.05) is 24.3 Å². The van der Waals surface area contributed by atoms with Crippen LogP contribution in [-0.2, 0) is 11.2 Å². The molecule has 7 rings (SSSR count). The van der Waals surface area contributed by atoms with E-state index in [2.05, 4.69) is 9.97 Å². The van der Waals surface area contributed by atoms with Crippen molar-refractivity contribution in [1.82, 2.24) is 9.97 Å². The molecule has 8 nitrogen and oxygen atoms in total. The van der Waals surface area contributed by atoms with Crippen LogP contribution in [0, 0.1) is 6.92 Å². The van der Waals surface area contributed by atoms with Crippen LogP contribution >= 0.6 is 11.6 Å². The molecule has 0 aliphatic carbocycles. The summed E-state index contributed by atoms with van der Waals surface area (Å²) < 4.78 is 5.98. The molecule has 4 heterocycles. The van der Waals surface area contributed by atoms with E-state index < -0.39 is 5.91 Å². The first-order chi connectivity index (χ1) is 19.3. The second-order valence-electron chi connectivity index (χ2n) is 10.3. The fourth-order valence-corrected chi connectivity index (χ4v) is 6.34. The minimum atomic E-state index is -0.477. The molecule has 1 aliphatic rings. The highest BCUT2D eigenvalue weighted by atomic mass is 35.5. The number of halogens is 1. The number of nitrogens with one attached hydrogen (secondary N) is 2. The zero-order chi connectivity index (χ0) is 27.7. The summed E-state index contributed by atoms with van der Waals surface area (Å²) in [6, 6.07) is 16.9. The number of para-hydroxylation sites is 1. The SMILES string of the molecule is Cc1c[nH]c2c(O)cc3c(c12)C(CCl)CN3C(=O)c1cc2cc(-c3c(CC(N)=O)oc4ccccc34)ccc2[nH]1. The van der Waals surface area contributed by atoms with Crippen LogP contribution in [0.25, 0.3) is 43.9 Å². The van der Waals surface area contributed by atoms with Crippen LogP contribution in [0.15, 0.2) is 65.2 Å². The number of aromatic amines is 2. The van der Waals surface area contributed by atoms with Crippen molar-refractivity contribution in [3.05, 3.63) is 83.4 Å². The number of amides is 2. The predicted molar refractivity (Wildman–Crippen MR) is 156 cm³/mol. The summed E-state index contributed by atoms with van der Waals surface area (Å²) in [5.74, 6) is 0.204. The summed E-state index contributed by atoms with van der Waals surface area (Å²) in [5.41, 5.74) is 12.4. The van der Waals surface area contributed by atoms with E-state index >= 15 is 0 Å². The van der Waals surface area contributed by atoms with E-state index in [-0.39, 0.29) is 24.0 Å². The number of nitrogens with zero attached hydrogens (tertiary/aromatic N) is 1. The number of H-pyrrole nitrogens is 2. The lowest BCUT2D eigenvalue weighted by Crippen LogP contribution is -2.30. The minimum absolute atomic E-state index is 0.0181. The lowest BCUT2D eigenvalue weighted by molar-refractivity contribution is -0.117. The van der Waals surface area contributed by atoms with Crippen molar-refractivity contribution in [2.75, 3.05) is 17.3 Å². The van der Waals surface area contributed by atoms with E-state index in [0.29, 0.717) is 40.7 Å². The van der Waals surface area contributed by atoms with Gasteiger partial charge in [0.2, 0.25) is 5.91 Å². The minimum Gasteiger partial charge on any atom is -0.506 e. The van der Waals surface area contributed by atoms with Gasteiger partial charge in [-0.3, -0.25) is 9.59 Å². The molecular formula is C31H25ClN4O4. The van der Waals surface area contributed by atoms with Crippen molar-refractivity contribution in [3.63, 3.8) is 0 Å². The van der Waals surface area contributed by atoms with Crippen LogP contribution in [-0.4, -0.2) is 39.3 Å². The lowest BCUT2D eigenvalue weighted by atomic mass is 9.97. The van der Waals surface area contributed by atoms with Gasteiger partial charge in [-0.2, -0.15) is 0 Å². The van der Waals surface area contributed by atoms with Gasteiger partial charge in [0.1, 0.15) is 22.8 Å². The Bertz CT molecular complexity index is 2000. The third-order valence-electron chi connectivity index (χ3n) is 7.83. The molecule has 40 heavy (non-hydrogen) atoms. The lowest BCUT2D eigenvalue weighted by Gasteiger charge is -2.17. The Morgan fingerprint density at radius 3 is 2.80 bits per heavy atom. The molecule has 3 aromatic heterocycles. The van der Waals surface area contributed by atoms with Gasteiger partial charge in [0.05, 0.1) is 17.6 Å². The molecule has 1 atom stereocenters. The molecule has 5 N–H and O–H groups in total. The number of rotatable bonds is 5. The zero-order valence-electron chi connectivity index (χ0n) is 21.5. The van der Waals surface area contributed by atoms with Crippen molar-refractivity contribution < 1.29 is 19.1 Å². The van der Waals surface area contributed by atoms with E-state index in [1.807, 2.05) is 61.7 Å². The third kappa shape index (κ3) is 3.60. The number of carbonyl (C=O) groups is 2. The largest absolute Gasteiger partial charge is 0.506 e. The molecule has 0 spiro atoms. The number of nitrogens with two attached hydrogens (primary N) is 1. The van der Waals surface area contributed by atoms with Crippen molar-refractivity contribution in [3.8, 4) is 16.9 Å². The zero-order valence-corrected chi connectivity index (χ0v) is 22.3. The number of aromatic hydroxyl groups is 1. The molecule has 0 fully saturated rings. The Kier molecular flexibility index (Phi) is 5.43. The highest BCUT2D eigenvalue weighted by Gasteiger charge is 2.36. The number of furan rings is 1. The van der Waals surface area contributed by atoms with Gasteiger partial charge in [0.15, 0.2) is 0 Å². The van der Waals surface area contributed by atoms with Crippen LogP contribution in [0.5, 0.6) is 5.75 Å². The third-order valence-corrected chi connectivity index (χ3v) is 8.20. The molecular weight excluding hydrogens is 528 g/mol. The molecule has 1 unspecified atom stereocenters. The maximum absolute atomic E-state index is 13.9. The summed E-state index contributed by atoms with van der Waals surface area (Å²) >= 11 is 6.37. The van der Waals surface area contributed by atoms with Crippen molar-refractivity contribution >= 4 is 61.9 Å². The Balaban J connectivity index is 1.30. The number of anilines is 1. The number of aromatic nitrogens is 2. The molecule has 9 heteroatoms. The van der Waals surface area contributed by atoms with E-state index in [1.165, 1.54) is 0 Å². The van der Waals surface area contributed by atoms with Crippen LogP contribution in [0.4, 0.5) is 5.69 Å². The standard InChI is InChI=1S/C31H25ClN4O4/c1-15-13-34-30-23(37)10-22-29(27(15)30)18(12-32)14-36(22)31(39)21-9-17-8-16(6-7-20(17)35-21)28-19-4-2-3-5-24(19)40-25(28)11-26(33)38/h2-10,13,18,34-35,37H,11-12,14H2,1H3,(H2,33,38). The second-order valence-corrected chi connectivity index (χ2v) is 10.7. The number of carbonyl (C=O) groups excluding carboxylic acids is 2. The topological polar surface area (TPSA) is 128 Å². The number of phenols is 1. The Labute approximate surface area is 233 Å². The Hall–Kier alpha value is -4.69. The summed E-state index contributed by atoms with van der Waals surface area (Å²) in [6.45, 7) is 2.39. The van der Waals surface area contributed by atoms with E-state index in [9.17, 15) is 14.7 Å². The normalized spacial score (nSPS) is 14.9. The van der Waals surface area contributed by atoms with Crippen LogP contribution in [0.1, 0.15) is 33.3 Å². The number of hydrogen-bond donors (Lipinski definition) is 4. The summed E-state index contributed by atoms with van der Waals surface area (Å²) in [6.07, 6.45) is 1.84. The number of aryl methyl sites for hydroxylation is 1. The van der Waals surface area contributed by atoms with E-state index in [1.54, 1.807) is 11.0 Å². The fraction of sp³-hybridized carbons (Fsp3) is 0.161. The summed E-state index contributed by atoms with van der Waals surface area (Å²) in [5, 5.41) is 13.4. The number of phenolic OH excluding ortho intramolecular Hbond substituents is 1.